The second-order valence-corrected chi connectivity index (χ2v) is 5.88. The van der Waals surface area contributed by atoms with Gasteiger partial charge in [-0.15, -0.1) is 0 Å². The fraction of sp³-hybridized carbons (Fsp3) is 0.500. The molecule has 0 aromatic heterocycles. The van der Waals surface area contributed by atoms with Crippen LogP contribution in [0, 0.1) is 17.0 Å². The van der Waals surface area contributed by atoms with Gasteiger partial charge in [0.05, 0.1) is 5.56 Å². The van der Waals surface area contributed by atoms with Gasteiger partial charge in [0.1, 0.15) is 17.3 Å². The first-order valence-electron chi connectivity index (χ1n) is 6.23. The standard InChI is InChI=1S/C14H20F2N2O2/c1-14(2,8-18(3)4)7-17-12-10(15)5-9(13(19)20)6-11(12)16/h5-6,17H,7-8H2,1-4H3,(H,19,20). The maximum atomic E-state index is 13.7. The molecule has 1 aromatic rings. The summed E-state index contributed by atoms with van der Waals surface area (Å²) < 4.78 is 27.5. The molecule has 112 valence electrons. The number of carboxylic acids is 1. The molecule has 1 rings (SSSR count). The smallest absolute Gasteiger partial charge is 0.335 e. The van der Waals surface area contributed by atoms with Crippen LogP contribution in [0.25, 0.3) is 0 Å². The van der Waals surface area contributed by atoms with Gasteiger partial charge >= 0.3 is 5.97 Å². The molecule has 0 spiro atoms. The molecule has 20 heavy (non-hydrogen) atoms. The highest BCUT2D eigenvalue weighted by Crippen LogP contribution is 2.23. The van der Waals surface area contributed by atoms with Crippen LogP contribution in [0.3, 0.4) is 0 Å². The van der Waals surface area contributed by atoms with Crippen molar-refractivity contribution in [3.05, 3.63) is 29.3 Å². The van der Waals surface area contributed by atoms with Crippen LogP contribution in [-0.4, -0.2) is 43.2 Å². The summed E-state index contributed by atoms with van der Waals surface area (Å²) >= 11 is 0. The van der Waals surface area contributed by atoms with Gasteiger partial charge in [0, 0.05) is 13.1 Å². The van der Waals surface area contributed by atoms with Crippen LogP contribution >= 0.6 is 0 Å². The van der Waals surface area contributed by atoms with E-state index in [1.807, 2.05) is 32.8 Å². The summed E-state index contributed by atoms with van der Waals surface area (Å²) in [6, 6.07) is 1.62. The molecule has 0 heterocycles. The fourth-order valence-electron chi connectivity index (χ4n) is 2.11. The third-order valence-corrected chi connectivity index (χ3v) is 2.78. The Hall–Kier alpha value is -1.69. The topological polar surface area (TPSA) is 52.6 Å². The Morgan fingerprint density at radius 1 is 1.30 bits per heavy atom. The number of hydrogen-bond acceptors (Lipinski definition) is 3. The highest BCUT2D eigenvalue weighted by Gasteiger charge is 2.21. The van der Waals surface area contributed by atoms with Crippen molar-refractivity contribution in [3.63, 3.8) is 0 Å². The molecule has 0 saturated heterocycles. The number of halogens is 2. The SMILES string of the molecule is CN(C)CC(C)(C)CNc1c(F)cc(C(=O)O)cc1F. The summed E-state index contributed by atoms with van der Waals surface area (Å²) in [5, 5.41) is 11.4. The van der Waals surface area contributed by atoms with Crippen molar-refractivity contribution in [2.75, 3.05) is 32.5 Å². The van der Waals surface area contributed by atoms with E-state index in [0.29, 0.717) is 6.54 Å². The average molecular weight is 286 g/mol. The second-order valence-electron chi connectivity index (χ2n) is 5.88. The molecule has 0 unspecified atom stereocenters. The van der Waals surface area contributed by atoms with Crippen molar-refractivity contribution in [1.29, 1.82) is 0 Å². The van der Waals surface area contributed by atoms with Crippen LogP contribution in [0.4, 0.5) is 14.5 Å². The normalized spacial score (nSPS) is 11.8. The summed E-state index contributed by atoms with van der Waals surface area (Å²) in [4.78, 5) is 12.7. The first-order chi connectivity index (χ1) is 9.12. The average Bonchev–Trinajstić information content (AvgIpc) is 2.25. The molecule has 2 N–H and O–H groups in total. The number of rotatable bonds is 6. The van der Waals surface area contributed by atoms with Gasteiger partial charge in [-0.25, -0.2) is 13.6 Å². The Balaban J connectivity index is 2.86. The quantitative estimate of drug-likeness (QED) is 0.844. The predicted octanol–water partition coefficient (Wildman–Crippen LogP) is 2.66. The molecule has 6 heteroatoms. The van der Waals surface area contributed by atoms with Gasteiger partial charge in [0.15, 0.2) is 0 Å². The molecule has 0 bridgehead atoms. The number of nitrogens with zero attached hydrogens (tertiary/aromatic N) is 1. The molecule has 0 fully saturated rings. The molecular formula is C14H20F2N2O2. The lowest BCUT2D eigenvalue weighted by molar-refractivity contribution is 0.0695. The van der Waals surface area contributed by atoms with Gasteiger partial charge in [-0.05, 0) is 31.6 Å². The zero-order valence-electron chi connectivity index (χ0n) is 12.1. The first kappa shape index (κ1) is 16.4. The molecular weight excluding hydrogens is 266 g/mol. The minimum Gasteiger partial charge on any atom is -0.478 e. The molecule has 0 aliphatic rings. The number of carboxylic acid groups (broad SMARTS) is 1. The molecule has 0 amide bonds. The van der Waals surface area contributed by atoms with Gasteiger partial charge in [0.25, 0.3) is 0 Å². The van der Waals surface area contributed by atoms with Crippen LogP contribution in [0.5, 0.6) is 0 Å². The number of nitrogens with one attached hydrogen (secondary N) is 1. The number of aromatic carboxylic acids is 1. The van der Waals surface area contributed by atoms with Gasteiger partial charge < -0.3 is 15.3 Å². The van der Waals surface area contributed by atoms with Crippen molar-refractivity contribution < 1.29 is 18.7 Å². The number of anilines is 1. The van der Waals surface area contributed by atoms with E-state index >= 15 is 0 Å². The largest absolute Gasteiger partial charge is 0.478 e. The monoisotopic (exact) mass is 286 g/mol. The summed E-state index contributed by atoms with van der Waals surface area (Å²) in [6.45, 7) is 5.06. The van der Waals surface area contributed by atoms with Gasteiger partial charge in [0.2, 0.25) is 0 Å². The van der Waals surface area contributed by atoms with E-state index in [1.165, 1.54) is 0 Å². The van der Waals surface area contributed by atoms with E-state index in [1.54, 1.807) is 0 Å². The lowest BCUT2D eigenvalue weighted by Gasteiger charge is -2.29. The fourth-order valence-corrected chi connectivity index (χ4v) is 2.11. The lowest BCUT2D eigenvalue weighted by Crippen LogP contribution is -2.34. The Morgan fingerprint density at radius 2 is 1.80 bits per heavy atom. The molecule has 0 saturated carbocycles. The molecule has 0 aliphatic carbocycles. The first-order valence-corrected chi connectivity index (χ1v) is 6.23. The second kappa shape index (κ2) is 6.17. The molecule has 0 radical (unpaired) electrons. The van der Waals surface area contributed by atoms with Gasteiger partial charge in [-0.2, -0.15) is 0 Å². The summed E-state index contributed by atoms with van der Waals surface area (Å²) in [7, 11) is 3.84. The van der Waals surface area contributed by atoms with Crippen LogP contribution in [0.15, 0.2) is 12.1 Å². The van der Waals surface area contributed by atoms with Gasteiger partial charge in [-0.3, -0.25) is 0 Å². The summed E-state index contributed by atoms with van der Waals surface area (Å²) in [5.74, 6) is -3.16. The van der Waals surface area contributed by atoms with Crippen LogP contribution < -0.4 is 5.32 Å². The van der Waals surface area contributed by atoms with Crippen molar-refractivity contribution in [3.8, 4) is 0 Å². The molecule has 0 atom stereocenters. The molecule has 4 nitrogen and oxygen atoms in total. The summed E-state index contributed by atoms with van der Waals surface area (Å²) in [5.41, 5.74) is -0.881. The lowest BCUT2D eigenvalue weighted by atomic mass is 9.93. The van der Waals surface area contributed by atoms with Crippen molar-refractivity contribution >= 4 is 11.7 Å². The van der Waals surface area contributed by atoms with E-state index in [-0.39, 0.29) is 11.1 Å². The Labute approximate surface area is 117 Å². The maximum absolute atomic E-state index is 13.7. The van der Waals surface area contributed by atoms with Crippen molar-refractivity contribution in [1.82, 2.24) is 4.90 Å². The zero-order valence-corrected chi connectivity index (χ0v) is 12.1. The highest BCUT2D eigenvalue weighted by atomic mass is 19.1. The van der Waals surface area contributed by atoms with Crippen LogP contribution in [0.2, 0.25) is 0 Å². The molecule has 1 aromatic carbocycles. The third kappa shape index (κ3) is 4.45. The number of carbonyl (C=O) groups is 1. The Bertz CT molecular complexity index is 479. The Morgan fingerprint density at radius 3 is 2.20 bits per heavy atom. The predicted molar refractivity (Wildman–Crippen MR) is 74.1 cm³/mol. The summed E-state index contributed by atoms with van der Waals surface area (Å²) in [6.07, 6.45) is 0. The van der Waals surface area contributed by atoms with E-state index in [9.17, 15) is 13.6 Å². The van der Waals surface area contributed by atoms with E-state index in [0.717, 1.165) is 18.7 Å². The van der Waals surface area contributed by atoms with E-state index < -0.39 is 23.2 Å². The maximum Gasteiger partial charge on any atom is 0.335 e. The van der Waals surface area contributed by atoms with Crippen LogP contribution in [0.1, 0.15) is 24.2 Å². The minimum atomic E-state index is -1.36. The minimum absolute atomic E-state index is 0.187. The molecule has 0 aliphatic heterocycles. The number of hydrogen-bond donors (Lipinski definition) is 2. The Kier molecular flexibility index (Phi) is 5.05. The zero-order chi connectivity index (χ0) is 15.5. The van der Waals surface area contributed by atoms with Crippen molar-refractivity contribution in [2.45, 2.75) is 13.8 Å². The van der Waals surface area contributed by atoms with E-state index in [2.05, 4.69) is 5.32 Å². The van der Waals surface area contributed by atoms with Crippen molar-refractivity contribution in [2.24, 2.45) is 5.41 Å². The van der Waals surface area contributed by atoms with Gasteiger partial charge in [-0.1, -0.05) is 13.8 Å². The highest BCUT2D eigenvalue weighted by molar-refractivity contribution is 5.88. The van der Waals surface area contributed by atoms with Crippen LogP contribution in [-0.2, 0) is 0 Å². The number of benzene rings is 1. The third-order valence-electron chi connectivity index (χ3n) is 2.78. The van der Waals surface area contributed by atoms with E-state index in [4.69, 9.17) is 5.11 Å².